The third kappa shape index (κ3) is 7.99. The quantitative estimate of drug-likeness (QED) is 0.139. The van der Waals surface area contributed by atoms with Crippen LogP contribution in [-0.4, -0.2) is 63.2 Å². The lowest BCUT2D eigenvalue weighted by Crippen LogP contribution is -2.38. The van der Waals surface area contributed by atoms with Gasteiger partial charge in [-0.15, -0.1) is 23.5 Å². The summed E-state index contributed by atoms with van der Waals surface area (Å²) in [6, 6.07) is 0. The summed E-state index contributed by atoms with van der Waals surface area (Å²) in [5.74, 6) is 2.24. The van der Waals surface area contributed by atoms with Gasteiger partial charge in [-0.3, -0.25) is 9.59 Å². The summed E-state index contributed by atoms with van der Waals surface area (Å²) in [6.45, 7) is 16.2. The standard InChI is InChI=1S/C35H48O8S2/c1-20-22(3)32-26(24(5)30(20)38)9-11-34(7,42-32)13-15-40-28(36)17-44-19-45-18-29(37)41-16-14-35(8)12-10-27-25(6)31(39)21(2)23(4)33(27)43-35/h38-39H,9-19H2,1-8H3. The van der Waals surface area contributed by atoms with E-state index in [1.54, 1.807) is 0 Å². The fourth-order valence-electron chi connectivity index (χ4n) is 6.10. The molecule has 8 nitrogen and oxygen atoms in total. The summed E-state index contributed by atoms with van der Waals surface area (Å²) in [5.41, 5.74) is 6.57. The molecule has 0 aromatic heterocycles. The lowest BCUT2D eigenvalue weighted by atomic mass is 9.86. The van der Waals surface area contributed by atoms with Gasteiger partial charge in [0.15, 0.2) is 0 Å². The highest BCUT2D eigenvalue weighted by molar-refractivity contribution is 8.16. The maximum Gasteiger partial charge on any atom is 0.315 e. The van der Waals surface area contributed by atoms with Crippen LogP contribution in [-0.2, 0) is 31.9 Å². The van der Waals surface area contributed by atoms with Crippen LogP contribution in [0.5, 0.6) is 23.0 Å². The topological polar surface area (TPSA) is 112 Å². The molecule has 2 aliphatic rings. The summed E-state index contributed by atoms with van der Waals surface area (Å²) in [5, 5.41) is 21.4. The lowest BCUT2D eigenvalue weighted by molar-refractivity contribution is -0.142. The molecule has 0 saturated carbocycles. The van der Waals surface area contributed by atoms with Gasteiger partial charge in [0.25, 0.3) is 0 Å². The Balaban J connectivity index is 1.09. The number of fused-ring (bicyclic) bond motifs is 2. The molecule has 248 valence electrons. The lowest BCUT2D eigenvalue weighted by Gasteiger charge is -2.37. The number of phenolic OH excluding ortho intramolecular Hbond substituents is 2. The van der Waals surface area contributed by atoms with Crippen molar-refractivity contribution in [1.82, 2.24) is 0 Å². The van der Waals surface area contributed by atoms with Crippen LogP contribution in [0.2, 0.25) is 0 Å². The number of carbonyl (C=O) groups excluding carboxylic acids is 2. The summed E-state index contributed by atoms with van der Waals surface area (Å²) >= 11 is 2.84. The number of aromatic hydroxyl groups is 2. The molecule has 0 bridgehead atoms. The van der Waals surface area contributed by atoms with Crippen LogP contribution in [0, 0.1) is 41.5 Å². The third-order valence-electron chi connectivity index (χ3n) is 9.58. The van der Waals surface area contributed by atoms with Crippen LogP contribution in [0.15, 0.2) is 0 Å². The molecule has 45 heavy (non-hydrogen) atoms. The minimum atomic E-state index is -0.441. The molecule has 4 rings (SSSR count). The van der Waals surface area contributed by atoms with Crippen molar-refractivity contribution in [3.8, 4) is 23.0 Å². The number of benzene rings is 2. The van der Waals surface area contributed by atoms with Crippen LogP contribution in [0.1, 0.15) is 84.0 Å². The molecule has 2 unspecified atom stereocenters. The highest BCUT2D eigenvalue weighted by Crippen LogP contribution is 2.45. The van der Waals surface area contributed by atoms with Gasteiger partial charge < -0.3 is 29.2 Å². The van der Waals surface area contributed by atoms with Gasteiger partial charge >= 0.3 is 11.9 Å². The number of thioether (sulfide) groups is 2. The van der Waals surface area contributed by atoms with Crippen molar-refractivity contribution in [2.45, 2.75) is 105 Å². The van der Waals surface area contributed by atoms with E-state index in [2.05, 4.69) is 0 Å². The molecule has 0 radical (unpaired) electrons. The van der Waals surface area contributed by atoms with E-state index < -0.39 is 11.2 Å². The van der Waals surface area contributed by atoms with Gasteiger partial charge in [0.2, 0.25) is 0 Å². The number of rotatable bonds is 12. The largest absolute Gasteiger partial charge is 0.507 e. The predicted octanol–water partition coefficient (Wildman–Crippen LogP) is 7.11. The molecule has 0 fully saturated rings. The molecule has 2 atom stereocenters. The molecule has 0 amide bonds. The van der Waals surface area contributed by atoms with Crippen molar-refractivity contribution >= 4 is 35.5 Å². The van der Waals surface area contributed by atoms with E-state index in [-0.39, 0.29) is 36.7 Å². The van der Waals surface area contributed by atoms with E-state index in [9.17, 15) is 19.8 Å². The van der Waals surface area contributed by atoms with Gasteiger partial charge in [-0.05, 0) is 114 Å². The zero-order valence-electron chi connectivity index (χ0n) is 27.9. The van der Waals surface area contributed by atoms with Crippen molar-refractivity contribution in [2.75, 3.05) is 29.8 Å². The Morgan fingerprint density at radius 1 is 0.667 bits per heavy atom. The number of ether oxygens (including phenoxy) is 4. The molecule has 10 heteroatoms. The molecular weight excluding hydrogens is 613 g/mol. The van der Waals surface area contributed by atoms with Gasteiger partial charge in [0.1, 0.15) is 34.2 Å². The maximum absolute atomic E-state index is 12.3. The van der Waals surface area contributed by atoms with Gasteiger partial charge in [0, 0.05) is 29.1 Å². The van der Waals surface area contributed by atoms with Crippen molar-refractivity contribution in [1.29, 1.82) is 0 Å². The molecule has 2 N–H and O–H groups in total. The second-order valence-electron chi connectivity index (χ2n) is 12.9. The average Bonchev–Trinajstić information content (AvgIpc) is 3.00. The second kappa shape index (κ2) is 14.4. The van der Waals surface area contributed by atoms with E-state index in [1.165, 1.54) is 23.5 Å². The summed E-state index contributed by atoms with van der Waals surface area (Å²) in [7, 11) is 0. The average molecular weight is 661 g/mol. The number of esters is 2. The summed E-state index contributed by atoms with van der Waals surface area (Å²) in [6.07, 6.45) is 4.35. The van der Waals surface area contributed by atoms with Crippen LogP contribution in [0.3, 0.4) is 0 Å². The van der Waals surface area contributed by atoms with Crippen molar-refractivity contribution in [3.63, 3.8) is 0 Å². The summed E-state index contributed by atoms with van der Waals surface area (Å²) < 4.78 is 23.8. The van der Waals surface area contributed by atoms with Gasteiger partial charge in [-0.25, -0.2) is 0 Å². The van der Waals surface area contributed by atoms with Crippen molar-refractivity contribution < 1.29 is 38.7 Å². The van der Waals surface area contributed by atoms with E-state index in [4.69, 9.17) is 18.9 Å². The highest BCUT2D eigenvalue weighted by Gasteiger charge is 2.36. The zero-order valence-corrected chi connectivity index (χ0v) is 29.6. The van der Waals surface area contributed by atoms with Gasteiger partial charge in [-0.2, -0.15) is 0 Å². The number of hydrogen-bond donors (Lipinski definition) is 2. The van der Waals surface area contributed by atoms with Crippen LogP contribution >= 0.6 is 23.5 Å². The van der Waals surface area contributed by atoms with E-state index >= 15 is 0 Å². The number of hydrogen-bond acceptors (Lipinski definition) is 10. The van der Waals surface area contributed by atoms with Gasteiger partial charge in [0.05, 0.1) is 24.7 Å². The smallest absolute Gasteiger partial charge is 0.315 e. The van der Waals surface area contributed by atoms with Crippen molar-refractivity contribution in [2.24, 2.45) is 0 Å². The zero-order chi connectivity index (χ0) is 33.1. The number of phenols is 2. The fourth-order valence-corrected chi connectivity index (χ4v) is 7.73. The second-order valence-corrected chi connectivity index (χ2v) is 15.3. The Morgan fingerprint density at radius 3 is 1.42 bits per heavy atom. The fraction of sp³-hybridized carbons (Fsp3) is 0.600. The Bertz CT molecular complexity index is 1350. The van der Waals surface area contributed by atoms with Crippen LogP contribution in [0.25, 0.3) is 0 Å². The first-order valence-electron chi connectivity index (χ1n) is 15.6. The molecule has 2 aliphatic heterocycles. The molecule has 2 heterocycles. The highest BCUT2D eigenvalue weighted by atomic mass is 32.2. The third-order valence-corrected chi connectivity index (χ3v) is 11.8. The first-order valence-corrected chi connectivity index (χ1v) is 18.0. The van der Waals surface area contributed by atoms with Crippen molar-refractivity contribution in [3.05, 3.63) is 44.5 Å². The normalized spacial score (nSPS) is 20.4. The first-order chi connectivity index (χ1) is 21.2. The minimum absolute atomic E-state index is 0.215. The Hall–Kier alpha value is -2.72. The van der Waals surface area contributed by atoms with Crippen LogP contribution < -0.4 is 9.47 Å². The predicted molar refractivity (Wildman–Crippen MR) is 180 cm³/mol. The molecule has 2 aromatic rings. The maximum atomic E-state index is 12.3. The number of carbonyl (C=O) groups is 2. The van der Waals surface area contributed by atoms with E-state index in [1.807, 2.05) is 55.4 Å². The van der Waals surface area contributed by atoms with Crippen LogP contribution in [0.4, 0.5) is 0 Å². The minimum Gasteiger partial charge on any atom is -0.507 e. The first kappa shape index (κ1) is 35.1. The van der Waals surface area contributed by atoms with E-state index in [0.29, 0.717) is 29.4 Å². The Kier molecular flexibility index (Phi) is 11.2. The molecule has 2 aromatic carbocycles. The van der Waals surface area contributed by atoms with E-state index in [0.717, 1.165) is 81.7 Å². The van der Waals surface area contributed by atoms with Gasteiger partial charge in [-0.1, -0.05) is 0 Å². The monoisotopic (exact) mass is 660 g/mol. The molecule has 0 saturated heterocycles. The SMILES string of the molecule is Cc1c(C)c2c(c(C)c1O)CCC(C)(CCOC(=O)CSCSCC(=O)OCCC1(C)CCc3c(C)c(O)c(C)c(C)c3O1)O2. The summed E-state index contributed by atoms with van der Waals surface area (Å²) in [4.78, 5) is 24.6. The molecule has 0 spiro atoms. The Morgan fingerprint density at radius 2 is 1.04 bits per heavy atom. The molecule has 0 aliphatic carbocycles. The Labute approximate surface area is 275 Å². The molecular formula is C35H48O8S2.